The number of halogens is 2. The van der Waals surface area contributed by atoms with Crippen molar-refractivity contribution in [1.29, 1.82) is 0 Å². The zero-order valence-electron chi connectivity index (χ0n) is 21.0. The summed E-state index contributed by atoms with van der Waals surface area (Å²) in [4.78, 5) is 13.1. The Morgan fingerprint density at radius 3 is 2.86 bits per heavy atom. The van der Waals surface area contributed by atoms with Gasteiger partial charge in [-0.2, -0.15) is 0 Å². The molecule has 7 heteroatoms. The Hall–Kier alpha value is -2.70. The number of anilines is 2. The third-order valence-corrected chi connectivity index (χ3v) is 7.37. The number of hydrogen-bond acceptors (Lipinski definition) is 4. The van der Waals surface area contributed by atoms with Crippen molar-refractivity contribution in [1.82, 2.24) is 4.90 Å². The van der Waals surface area contributed by atoms with Gasteiger partial charge in [-0.1, -0.05) is 56.5 Å². The molecule has 0 radical (unpaired) electrons. The summed E-state index contributed by atoms with van der Waals surface area (Å²) in [7, 11) is 2.08. The predicted octanol–water partition coefficient (Wildman–Crippen LogP) is 6.33. The molecule has 5 nitrogen and oxygen atoms in total. The Labute approximate surface area is 213 Å². The first-order chi connectivity index (χ1) is 16.9. The topological polar surface area (TPSA) is 43.2 Å². The van der Waals surface area contributed by atoms with Gasteiger partial charge in [0, 0.05) is 36.9 Å². The van der Waals surface area contributed by atoms with Crippen LogP contribution < -0.4 is 10.2 Å². The van der Waals surface area contributed by atoms with Crippen molar-refractivity contribution in [3.8, 4) is 0 Å². The molecule has 186 valence electrons. The van der Waals surface area contributed by atoms with Gasteiger partial charge in [-0.25, -0.2) is 9.38 Å². The van der Waals surface area contributed by atoms with Gasteiger partial charge >= 0.3 is 0 Å². The Bertz CT molecular complexity index is 1140. The van der Waals surface area contributed by atoms with E-state index in [0.717, 1.165) is 62.1 Å². The minimum Gasteiger partial charge on any atom is -0.364 e. The van der Waals surface area contributed by atoms with Crippen molar-refractivity contribution in [3.05, 3.63) is 70.1 Å². The fourth-order valence-corrected chi connectivity index (χ4v) is 5.42. The molecule has 2 aromatic rings. The molecule has 4 rings (SSSR count). The van der Waals surface area contributed by atoms with E-state index in [0.29, 0.717) is 16.6 Å². The molecule has 0 saturated carbocycles. The normalized spacial score (nSPS) is 20.5. The molecule has 0 aromatic heterocycles. The molecule has 0 amide bonds. The third kappa shape index (κ3) is 5.44. The minimum absolute atomic E-state index is 0.00376. The maximum Gasteiger partial charge on any atom is 0.150 e. The van der Waals surface area contributed by atoms with E-state index in [2.05, 4.69) is 65.9 Å². The number of para-hydroxylation sites is 1. The van der Waals surface area contributed by atoms with E-state index in [1.165, 1.54) is 11.8 Å². The average Bonchev–Trinajstić information content (AvgIpc) is 3.14. The second-order valence-corrected chi connectivity index (χ2v) is 10.2. The van der Waals surface area contributed by atoms with Crippen LogP contribution >= 0.6 is 11.6 Å². The van der Waals surface area contributed by atoms with Crippen molar-refractivity contribution in [2.24, 2.45) is 9.98 Å². The van der Waals surface area contributed by atoms with Crippen LogP contribution in [0.4, 0.5) is 15.8 Å². The predicted molar refractivity (Wildman–Crippen MR) is 147 cm³/mol. The summed E-state index contributed by atoms with van der Waals surface area (Å²) in [5, 5.41) is 3.57. The number of fused-ring (bicyclic) bond motifs is 2. The number of nitrogens with one attached hydrogen (secondary N) is 1. The summed E-state index contributed by atoms with van der Waals surface area (Å²) < 4.78 is 14.8. The van der Waals surface area contributed by atoms with Crippen LogP contribution in [-0.2, 0) is 18.4 Å². The van der Waals surface area contributed by atoms with Gasteiger partial charge in [-0.15, -0.1) is 0 Å². The van der Waals surface area contributed by atoms with Crippen LogP contribution in [0.1, 0.15) is 49.8 Å². The number of aliphatic imine (C=N–C) groups is 2. The monoisotopic (exact) mass is 495 g/mol. The minimum atomic E-state index is -0.252. The molecule has 2 aromatic carbocycles. The largest absolute Gasteiger partial charge is 0.364 e. The maximum atomic E-state index is 14.8. The van der Waals surface area contributed by atoms with Crippen LogP contribution in [-0.4, -0.2) is 44.3 Å². The van der Waals surface area contributed by atoms with Crippen molar-refractivity contribution >= 4 is 35.5 Å². The number of benzene rings is 2. The fraction of sp³-hybridized carbons (Fsp3) is 0.429. The van der Waals surface area contributed by atoms with Crippen molar-refractivity contribution < 1.29 is 4.39 Å². The Morgan fingerprint density at radius 1 is 1.29 bits per heavy atom. The zero-order chi connectivity index (χ0) is 25.0. The summed E-state index contributed by atoms with van der Waals surface area (Å²) in [5.74, 6) is 0.357. The lowest BCUT2D eigenvalue weighted by molar-refractivity contribution is 0.312. The van der Waals surface area contributed by atoms with Crippen LogP contribution in [0.3, 0.4) is 0 Å². The SMILES string of the molecule is C=N/C=C(Cl)\C(=N/CNc1cc2c(cc1F)CCN(C)C2)N1CC(C)(CCCC)c2ccccc21. The molecule has 0 fully saturated rings. The second-order valence-electron chi connectivity index (χ2n) is 9.83. The van der Waals surface area contributed by atoms with E-state index < -0.39 is 0 Å². The molecule has 1 N–H and O–H groups in total. The van der Waals surface area contributed by atoms with Crippen molar-refractivity contribution in [2.45, 2.75) is 51.5 Å². The fourth-order valence-electron chi connectivity index (χ4n) is 5.19. The molecule has 0 saturated heterocycles. The number of nitrogens with zero attached hydrogens (tertiary/aromatic N) is 4. The summed E-state index contributed by atoms with van der Waals surface area (Å²) in [6, 6.07) is 12.0. The number of likely N-dealkylation sites (N-methyl/N-ethyl adjacent to an activating group) is 1. The quantitative estimate of drug-likeness (QED) is 0.343. The number of rotatable bonds is 8. The van der Waals surface area contributed by atoms with Gasteiger partial charge in [0.2, 0.25) is 0 Å². The zero-order valence-corrected chi connectivity index (χ0v) is 21.7. The van der Waals surface area contributed by atoms with Crippen molar-refractivity contribution in [2.75, 3.05) is 37.0 Å². The molecule has 1 atom stereocenters. The third-order valence-electron chi connectivity index (χ3n) is 7.10. The van der Waals surface area contributed by atoms with Gasteiger partial charge in [0.05, 0.1) is 5.69 Å². The highest BCUT2D eigenvalue weighted by Gasteiger charge is 2.40. The lowest BCUT2D eigenvalue weighted by atomic mass is 9.80. The smallest absolute Gasteiger partial charge is 0.150 e. The molecular formula is C28H35ClFN5. The lowest BCUT2D eigenvalue weighted by Gasteiger charge is -2.27. The van der Waals surface area contributed by atoms with Crippen LogP contribution in [0.15, 0.2) is 57.6 Å². The van der Waals surface area contributed by atoms with E-state index in [1.54, 1.807) is 6.07 Å². The highest BCUT2D eigenvalue weighted by molar-refractivity contribution is 6.45. The Balaban J connectivity index is 1.61. The molecule has 2 aliphatic heterocycles. The van der Waals surface area contributed by atoms with Crippen LogP contribution in [0, 0.1) is 5.82 Å². The number of unbranched alkanes of at least 4 members (excludes halogenated alkanes) is 1. The van der Waals surface area contributed by atoms with Gasteiger partial charge in [0.25, 0.3) is 0 Å². The van der Waals surface area contributed by atoms with E-state index in [9.17, 15) is 4.39 Å². The van der Waals surface area contributed by atoms with E-state index in [4.69, 9.17) is 16.6 Å². The van der Waals surface area contributed by atoms with Gasteiger partial charge < -0.3 is 15.1 Å². The number of hydrogen-bond donors (Lipinski definition) is 1. The second kappa shape index (κ2) is 10.9. The molecule has 0 bridgehead atoms. The first-order valence-electron chi connectivity index (χ1n) is 12.3. The molecule has 2 heterocycles. The van der Waals surface area contributed by atoms with E-state index >= 15 is 0 Å². The summed E-state index contributed by atoms with van der Waals surface area (Å²) in [5.41, 5.74) is 5.09. The number of amidine groups is 1. The standard InChI is InChI=1S/C28H35ClFN5/c1-5-6-12-28(2)18-35(26-10-8-7-9-22(26)28)27(23(29)16-31-3)33-19-32-25-15-21-17-34(4)13-11-20(21)14-24(25)30/h7-10,14-16,32H,3,5-6,11-13,17-19H2,1-2,4H3/b23-16+,33-27+. The van der Waals surface area contributed by atoms with Gasteiger partial charge in [-0.05, 0) is 61.5 Å². The van der Waals surface area contributed by atoms with Crippen LogP contribution in [0.5, 0.6) is 0 Å². The van der Waals surface area contributed by atoms with Gasteiger partial charge in [0.15, 0.2) is 5.84 Å². The first-order valence-corrected chi connectivity index (χ1v) is 12.7. The summed E-state index contributed by atoms with van der Waals surface area (Å²) in [6.07, 6.45) is 5.76. The van der Waals surface area contributed by atoms with Crippen LogP contribution in [0.25, 0.3) is 0 Å². The highest BCUT2D eigenvalue weighted by Crippen LogP contribution is 2.44. The van der Waals surface area contributed by atoms with Gasteiger partial charge in [-0.3, -0.25) is 4.99 Å². The first kappa shape index (κ1) is 25.4. The Morgan fingerprint density at radius 2 is 2.09 bits per heavy atom. The molecule has 0 spiro atoms. The molecule has 1 unspecified atom stereocenters. The summed E-state index contributed by atoms with van der Waals surface area (Å²) >= 11 is 6.66. The molecule has 0 aliphatic carbocycles. The summed E-state index contributed by atoms with van der Waals surface area (Å²) in [6.45, 7) is 10.8. The van der Waals surface area contributed by atoms with E-state index in [1.807, 2.05) is 12.1 Å². The van der Waals surface area contributed by atoms with Crippen LogP contribution in [0.2, 0.25) is 0 Å². The molecule has 35 heavy (non-hydrogen) atoms. The Kier molecular flexibility index (Phi) is 7.92. The molecular weight excluding hydrogens is 461 g/mol. The maximum absolute atomic E-state index is 14.8. The molecule has 2 aliphatic rings. The lowest BCUT2D eigenvalue weighted by Crippen LogP contribution is -2.36. The average molecular weight is 496 g/mol. The van der Waals surface area contributed by atoms with E-state index in [-0.39, 0.29) is 17.9 Å². The van der Waals surface area contributed by atoms with Crippen molar-refractivity contribution in [3.63, 3.8) is 0 Å². The highest BCUT2D eigenvalue weighted by atomic mass is 35.5. The van der Waals surface area contributed by atoms with Gasteiger partial charge in [0.1, 0.15) is 17.5 Å².